The minimum Gasteiger partial charge on any atom is -0.462 e. The molecule has 0 heterocycles. The molecule has 32 heavy (non-hydrogen) atoms. The fourth-order valence-electron chi connectivity index (χ4n) is 3.61. The molecule has 3 N–H and O–H groups in total. The van der Waals surface area contributed by atoms with Gasteiger partial charge in [-0.2, -0.15) is 0 Å². The lowest BCUT2D eigenvalue weighted by atomic mass is 9.95. The molecule has 7 nitrogen and oxygen atoms in total. The van der Waals surface area contributed by atoms with E-state index < -0.39 is 0 Å². The Labute approximate surface area is 188 Å². The summed E-state index contributed by atoms with van der Waals surface area (Å²) in [4.78, 5) is 36.4. The molecule has 2 aromatic carbocycles. The predicted molar refractivity (Wildman–Crippen MR) is 125 cm³/mol. The number of carbonyl (C=O) groups is 3. The highest BCUT2D eigenvalue weighted by Crippen LogP contribution is 2.18. The van der Waals surface area contributed by atoms with Crippen molar-refractivity contribution in [2.24, 2.45) is 0 Å². The van der Waals surface area contributed by atoms with Gasteiger partial charge in [-0.3, -0.25) is 9.59 Å². The number of hydrogen-bond donors (Lipinski definition) is 3. The van der Waals surface area contributed by atoms with Gasteiger partial charge < -0.3 is 20.7 Å². The third-order valence-electron chi connectivity index (χ3n) is 5.38. The molecule has 0 radical (unpaired) electrons. The number of rotatable bonds is 9. The van der Waals surface area contributed by atoms with Gasteiger partial charge in [-0.05, 0) is 67.8 Å². The third kappa shape index (κ3) is 7.11. The number of carbonyl (C=O) groups excluding carboxylic acids is 3. The summed E-state index contributed by atoms with van der Waals surface area (Å²) in [6.45, 7) is 2.41. The van der Waals surface area contributed by atoms with Gasteiger partial charge in [0.15, 0.2) is 0 Å². The van der Waals surface area contributed by atoms with Crippen molar-refractivity contribution >= 4 is 29.2 Å². The van der Waals surface area contributed by atoms with E-state index in [0.29, 0.717) is 23.4 Å². The van der Waals surface area contributed by atoms with Gasteiger partial charge in [0.1, 0.15) is 0 Å². The first kappa shape index (κ1) is 23.3. The number of ether oxygens (including phenoxy) is 1. The molecule has 0 spiro atoms. The first-order valence-corrected chi connectivity index (χ1v) is 11.3. The van der Waals surface area contributed by atoms with Crippen LogP contribution in [-0.2, 0) is 9.53 Å². The summed E-state index contributed by atoms with van der Waals surface area (Å²) >= 11 is 0. The predicted octanol–water partition coefficient (Wildman–Crippen LogP) is 4.37. The number of hydrogen-bond acceptors (Lipinski definition) is 5. The Hall–Kier alpha value is -3.35. The maximum absolute atomic E-state index is 12.4. The van der Waals surface area contributed by atoms with Crippen molar-refractivity contribution in [3.63, 3.8) is 0 Å². The normalized spacial score (nSPS) is 13.8. The molecule has 0 aromatic heterocycles. The summed E-state index contributed by atoms with van der Waals surface area (Å²) in [5, 5.41) is 8.92. The van der Waals surface area contributed by atoms with Gasteiger partial charge in [-0.15, -0.1) is 0 Å². The minimum atomic E-state index is -0.355. The van der Waals surface area contributed by atoms with Crippen LogP contribution in [0.2, 0.25) is 0 Å². The van der Waals surface area contributed by atoms with Crippen molar-refractivity contribution in [3.8, 4) is 0 Å². The Morgan fingerprint density at radius 1 is 0.875 bits per heavy atom. The molecule has 0 aliphatic heterocycles. The lowest BCUT2D eigenvalue weighted by molar-refractivity contribution is -0.114. The van der Waals surface area contributed by atoms with E-state index in [2.05, 4.69) is 16.0 Å². The summed E-state index contributed by atoms with van der Waals surface area (Å²) in [7, 11) is 0. The van der Waals surface area contributed by atoms with E-state index >= 15 is 0 Å². The second-order valence-electron chi connectivity index (χ2n) is 8.00. The molecule has 2 amide bonds. The van der Waals surface area contributed by atoms with Gasteiger partial charge in [-0.25, -0.2) is 4.79 Å². The van der Waals surface area contributed by atoms with Gasteiger partial charge in [-0.1, -0.05) is 26.2 Å². The molecule has 0 unspecified atom stereocenters. The van der Waals surface area contributed by atoms with Gasteiger partial charge in [0.2, 0.25) is 5.91 Å². The van der Waals surface area contributed by atoms with Crippen molar-refractivity contribution in [2.75, 3.05) is 23.8 Å². The largest absolute Gasteiger partial charge is 0.462 e. The maximum Gasteiger partial charge on any atom is 0.338 e. The van der Waals surface area contributed by atoms with Crippen molar-refractivity contribution in [1.29, 1.82) is 0 Å². The molecule has 2 aromatic rings. The number of amides is 2. The average molecular weight is 438 g/mol. The van der Waals surface area contributed by atoms with Crippen LogP contribution >= 0.6 is 0 Å². The number of nitrogens with one attached hydrogen (secondary N) is 3. The lowest BCUT2D eigenvalue weighted by Gasteiger charge is -2.22. The smallest absolute Gasteiger partial charge is 0.338 e. The van der Waals surface area contributed by atoms with Crippen LogP contribution in [0.3, 0.4) is 0 Å². The Morgan fingerprint density at radius 3 is 2.16 bits per heavy atom. The molecule has 1 aliphatic rings. The van der Waals surface area contributed by atoms with E-state index in [9.17, 15) is 14.4 Å². The Balaban J connectivity index is 1.43. The fraction of sp³-hybridized carbons (Fsp3) is 0.400. The number of esters is 1. The Kier molecular flexibility index (Phi) is 8.66. The molecule has 1 aliphatic carbocycles. The van der Waals surface area contributed by atoms with Crippen molar-refractivity contribution in [2.45, 2.75) is 51.5 Å². The second-order valence-corrected chi connectivity index (χ2v) is 8.00. The molecule has 0 bridgehead atoms. The molecule has 1 saturated carbocycles. The summed E-state index contributed by atoms with van der Waals surface area (Å²) in [6.07, 6.45) is 6.43. The van der Waals surface area contributed by atoms with Gasteiger partial charge in [0, 0.05) is 23.0 Å². The summed E-state index contributed by atoms with van der Waals surface area (Å²) < 4.78 is 5.09. The summed E-state index contributed by atoms with van der Waals surface area (Å²) in [5.74, 6) is -0.638. The zero-order valence-corrected chi connectivity index (χ0v) is 18.5. The van der Waals surface area contributed by atoms with E-state index in [1.807, 2.05) is 6.92 Å². The van der Waals surface area contributed by atoms with E-state index in [-0.39, 0.29) is 30.4 Å². The number of benzene rings is 2. The van der Waals surface area contributed by atoms with Crippen LogP contribution in [0, 0.1) is 0 Å². The first-order valence-electron chi connectivity index (χ1n) is 11.3. The van der Waals surface area contributed by atoms with Gasteiger partial charge in [0.05, 0.1) is 18.7 Å². The maximum atomic E-state index is 12.4. The standard InChI is InChI=1S/C25H31N3O4/c1-2-16-32-25(31)19-10-12-20(13-11-19)26-17-23(29)27-22-14-8-18(9-15-22)24(30)28-21-6-4-3-5-7-21/h8-15,21,26H,2-7,16-17H2,1H3,(H,27,29)(H,28,30). The highest BCUT2D eigenvalue weighted by molar-refractivity contribution is 5.97. The molecule has 3 rings (SSSR count). The minimum absolute atomic E-state index is 0.0709. The van der Waals surface area contributed by atoms with Crippen LogP contribution in [0.1, 0.15) is 66.2 Å². The number of anilines is 2. The van der Waals surface area contributed by atoms with Crippen molar-refractivity contribution in [3.05, 3.63) is 59.7 Å². The highest BCUT2D eigenvalue weighted by Gasteiger charge is 2.16. The monoisotopic (exact) mass is 437 g/mol. The van der Waals surface area contributed by atoms with E-state index in [1.54, 1.807) is 48.5 Å². The summed E-state index contributed by atoms with van der Waals surface area (Å²) in [6, 6.07) is 13.9. The molecule has 0 saturated heterocycles. The third-order valence-corrected chi connectivity index (χ3v) is 5.38. The Bertz CT molecular complexity index is 904. The molecule has 1 fully saturated rings. The average Bonchev–Trinajstić information content (AvgIpc) is 2.82. The lowest BCUT2D eigenvalue weighted by Crippen LogP contribution is -2.36. The SMILES string of the molecule is CCCOC(=O)c1ccc(NCC(=O)Nc2ccc(C(=O)NC3CCCCC3)cc2)cc1. The van der Waals surface area contributed by atoms with E-state index in [4.69, 9.17) is 4.74 Å². The van der Waals surface area contributed by atoms with Crippen LogP contribution in [-0.4, -0.2) is 37.0 Å². The van der Waals surface area contributed by atoms with Crippen LogP contribution < -0.4 is 16.0 Å². The molecule has 0 atom stereocenters. The molecular formula is C25H31N3O4. The van der Waals surface area contributed by atoms with Gasteiger partial charge in [0.25, 0.3) is 5.91 Å². The second kappa shape index (κ2) is 11.9. The zero-order chi connectivity index (χ0) is 22.8. The van der Waals surface area contributed by atoms with Crippen LogP contribution in [0.25, 0.3) is 0 Å². The fourth-order valence-corrected chi connectivity index (χ4v) is 3.61. The van der Waals surface area contributed by atoms with E-state index in [0.717, 1.165) is 24.9 Å². The zero-order valence-electron chi connectivity index (χ0n) is 18.5. The van der Waals surface area contributed by atoms with Crippen LogP contribution in [0.4, 0.5) is 11.4 Å². The van der Waals surface area contributed by atoms with Crippen LogP contribution in [0.5, 0.6) is 0 Å². The molecule has 7 heteroatoms. The molecule has 170 valence electrons. The topological polar surface area (TPSA) is 96.5 Å². The highest BCUT2D eigenvalue weighted by atomic mass is 16.5. The van der Waals surface area contributed by atoms with Crippen molar-refractivity contribution in [1.82, 2.24) is 5.32 Å². The van der Waals surface area contributed by atoms with Crippen LogP contribution in [0.15, 0.2) is 48.5 Å². The Morgan fingerprint density at radius 2 is 1.50 bits per heavy atom. The first-order chi connectivity index (χ1) is 15.5. The van der Waals surface area contributed by atoms with E-state index in [1.165, 1.54) is 19.3 Å². The van der Waals surface area contributed by atoms with Crippen molar-refractivity contribution < 1.29 is 19.1 Å². The van der Waals surface area contributed by atoms with Gasteiger partial charge >= 0.3 is 5.97 Å². The molecular weight excluding hydrogens is 406 g/mol. The quantitative estimate of drug-likeness (QED) is 0.506. The summed E-state index contributed by atoms with van der Waals surface area (Å²) in [5.41, 5.74) is 2.41.